The van der Waals surface area contributed by atoms with Gasteiger partial charge in [0, 0.05) is 0 Å². The summed E-state index contributed by atoms with van der Waals surface area (Å²) in [7, 11) is 0. The Bertz CT molecular complexity index is 22.0. The van der Waals surface area contributed by atoms with Crippen LogP contribution in [0.15, 0.2) is 0 Å². The first kappa shape index (κ1) is 12.5. The molecule has 0 amide bonds. The number of rotatable bonds is 0. The van der Waals surface area contributed by atoms with Gasteiger partial charge < -0.3 is 0 Å². The summed E-state index contributed by atoms with van der Waals surface area (Å²) in [5, 5.41) is 0. The molecular formula is C6H18Tl2. The molecule has 48 valence electrons. The molecule has 0 fully saturated rings. The number of hydrogen-bond acceptors (Lipinski definition) is 0. The van der Waals surface area contributed by atoms with Crippen LogP contribution in [0.4, 0.5) is 0 Å². The second kappa shape index (κ2) is 8.84. The van der Waals surface area contributed by atoms with Crippen LogP contribution in [0.1, 0.15) is 0 Å². The quantitative estimate of drug-likeness (QED) is 0.451. The van der Waals surface area contributed by atoms with Gasteiger partial charge in [-0.25, -0.2) is 0 Å². The van der Waals surface area contributed by atoms with Gasteiger partial charge in [-0.2, -0.15) is 0 Å². The average molecular weight is 499 g/mol. The fourth-order valence-corrected chi connectivity index (χ4v) is 0. The van der Waals surface area contributed by atoms with Crippen molar-refractivity contribution >= 4 is 45.4 Å². The summed E-state index contributed by atoms with van der Waals surface area (Å²) in [5.74, 6) is 0. The summed E-state index contributed by atoms with van der Waals surface area (Å²) >= 11 is -1.44. The molecule has 0 spiro atoms. The molecule has 8 heavy (non-hydrogen) atoms. The first-order valence-electron chi connectivity index (χ1n) is 3.46. The fraction of sp³-hybridized carbons (Fsp3) is 1.00. The van der Waals surface area contributed by atoms with Crippen LogP contribution in [0.5, 0.6) is 0 Å². The molecule has 0 aliphatic rings. The summed E-state index contributed by atoms with van der Waals surface area (Å²) in [4.78, 5) is 0. The molecule has 0 bridgehead atoms. The molecule has 0 aromatic heterocycles. The Morgan fingerprint density at radius 1 is 0.500 bits per heavy atom. The molecule has 0 saturated carbocycles. The van der Waals surface area contributed by atoms with E-state index in [4.69, 9.17) is 0 Å². The molecular weight excluding hydrogens is 481 g/mol. The van der Waals surface area contributed by atoms with Crippen molar-refractivity contribution in [2.45, 2.75) is 26.9 Å². The van der Waals surface area contributed by atoms with E-state index in [1.807, 2.05) is 0 Å². The molecule has 0 N–H and O–H groups in total. The molecule has 0 radical (unpaired) electrons. The van der Waals surface area contributed by atoms with Gasteiger partial charge in [0.1, 0.15) is 0 Å². The third kappa shape index (κ3) is 108. The van der Waals surface area contributed by atoms with E-state index in [1.54, 1.807) is 0 Å². The van der Waals surface area contributed by atoms with Crippen LogP contribution in [0, 0.1) is 0 Å². The second-order valence-electron chi connectivity index (χ2n) is 3.46. The van der Waals surface area contributed by atoms with E-state index in [0.29, 0.717) is 0 Å². The second-order valence-corrected chi connectivity index (χ2v) is 30.4. The van der Waals surface area contributed by atoms with Crippen LogP contribution < -0.4 is 0 Å². The Kier molecular flexibility index (Phi) is 13.8. The topological polar surface area (TPSA) is 0 Å². The molecule has 0 unspecified atom stereocenters. The molecule has 0 rings (SSSR count). The van der Waals surface area contributed by atoms with Crippen LogP contribution in [0.2, 0.25) is 26.9 Å². The summed E-state index contributed by atoms with van der Waals surface area (Å²) < 4.78 is 14.3. The molecule has 2 heteroatoms. The van der Waals surface area contributed by atoms with Crippen molar-refractivity contribution in [2.75, 3.05) is 0 Å². The van der Waals surface area contributed by atoms with Crippen molar-refractivity contribution < 1.29 is 0 Å². The zero-order valence-corrected chi connectivity index (χ0v) is 16.1. The van der Waals surface area contributed by atoms with E-state index in [0.717, 1.165) is 0 Å². The Balaban J connectivity index is 0. The Morgan fingerprint density at radius 2 is 0.500 bits per heavy atom. The fourth-order valence-electron chi connectivity index (χ4n) is 0. The van der Waals surface area contributed by atoms with Crippen LogP contribution >= 0.6 is 0 Å². The zero-order chi connectivity index (χ0) is 7.15. The van der Waals surface area contributed by atoms with Crippen molar-refractivity contribution in [3.8, 4) is 0 Å². The van der Waals surface area contributed by atoms with Gasteiger partial charge in [-0.05, 0) is 0 Å². The first-order valence-corrected chi connectivity index (χ1v) is 30.4. The van der Waals surface area contributed by atoms with Crippen molar-refractivity contribution in [2.24, 2.45) is 0 Å². The summed E-state index contributed by atoms with van der Waals surface area (Å²) in [5.41, 5.74) is 0. The predicted molar refractivity (Wildman–Crippen MR) is 46.7 cm³/mol. The van der Waals surface area contributed by atoms with Gasteiger partial charge in [-0.3, -0.25) is 0 Å². The zero-order valence-electron chi connectivity index (χ0n) is 7.15. The average Bonchev–Trinajstić information content (AvgIpc) is 1.25. The third-order valence-corrected chi connectivity index (χ3v) is 0. The van der Waals surface area contributed by atoms with E-state index in [-0.39, 0.29) is 0 Å². The van der Waals surface area contributed by atoms with Gasteiger partial charge in [-0.15, -0.1) is 0 Å². The van der Waals surface area contributed by atoms with Gasteiger partial charge in [0.05, 0.1) is 0 Å². The molecule has 0 aliphatic carbocycles. The van der Waals surface area contributed by atoms with Gasteiger partial charge >= 0.3 is 72.3 Å². The molecule has 0 nitrogen and oxygen atoms in total. The van der Waals surface area contributed by atoms with Crippen molar-refractivity contribution in [3.05, 3.63) is 0 Å². The van der Waals surface area contributed by atoms with Crippen molar-refractivity contribution in [1.82, 2.24) is 0 Å². The van der Waals surface area contributed by atoms with E-state index >= 15 is 0 Å². The van der Waals surface area contributed by atoms with Gasteiger partial charge in [0.25, 0.3) is 0 Å². The Labute approximate surface area is 71.3 Å². The molecule has 0 aliphatic heterocycles. The Hall–Kier alpha value is 1.84. The van der Waals surface area contributed by atoms with Crippen molar-refractivity contribution in [1.29, 1.82) is 0 Å². The molecule has 0 atom stereocenters. The minimum atomic E-state index is -0.722. The summed E-state index contributed by atoms with van der Waals surface area (Å²) in [6.45, 7) is 0. The molecule has 0 heterocycles. The molecule has 0 aromatic carbocycles. The first-order chi connectivity index (χ1) is 3.46. The summed E-state index contributed by atoms with van der Waals surface area (Å²) in [6, 6.07) is 0. The maximum absolute atomic E-state index is 2.39. The van der Waals surface area contributed by atoms with Crippen LogP contribution in [-0.4, -0.2) is 45.4 Å². The molecule has 0 aromatic rings. The van der Waals surface area contributed by atoms with Crippen LogP contribution in [0.3, 0.4) is 0 Å². The Morgan fingerprint density at radius 3 is 0.500 bits per heavy atom. The molecule has 0 saturated heterocycles. The van der Waals surface area contributed by atoms with E-state index < -0.39 is 45.4 Å². The van der Waals surface area contributed by atoms with Crippen LogP contribution in [-0.2, 0) is 0 Å². The maximum atomic E-state index is 2.39. The van der Waals surface area contributed by atoms with Gasteiger partial charge in [-0.1, -0.05) is 0 Å². The normalized spacial score (nSPS) is 6.75. The monoisotopic (exact) mass is 500 g/mol. The predicted octanol–water partition coefficient (Wildman–Crippen LogP) is 2.74. The minimum absolute atomic E-state index is 0.722. The van der Waals surface area contributed by atoms with E-state index in [9.17, 15) is 0 Å². The third-order valence-electron chi connectivity index (χ3n) is 0. The van der Waals surface area contributed by atoms with Crippen LogP contribution in [0.25, 0.3) is 0 Å². The summed E-state index contributed by atoms with van der Waals surface area (Å²) in [6.07, 6.45) is 0. The standard InChI is InChI=1S/6CH3.2Tl/h6*1H3;;. The van der Waals surface area contributed by atoms with E-state index in [1.165, 1.54) is 0 Å². The SMILES string of the molecule is [CH3][Tl]([CH3])[CH3].[CH3][Tl]([CH3])[CH3]. The van der Waals surface area contributed by atoms with Gasteiger partial charge in [0.15, 0.2) is 0 Å². The number of hydrogen-bond donors (Lipinski definition) is 0. The van der Waals surface area contributed by atoms with Gasteiger partial charge in [0.2, 0.25) is 0 Å². The van der Waals surface area contributed by atoms with E-state index in [2.05, 4.69) is 26.9 Å². The van der Waals surface area contributed by atoms with Crippen molar-refractivity contribution in [3.63, 3.8) is 0 Å².